The van der Waals surface area contributed by atoms with Crippen molar-refractivity contribution < 1.29 is 19.0 Å². The van der Waals surface area contributed by atoms with Crippen molar-refractivity contribution in [1.82, 2.24) is 4.98 Å². The molecule has 0 bridgehead atoms. The molecule has 0 unspecified atom stereocenters. The fourth-order valence-corrected chi connectivity index (χ4v) is 1.91. The minimum Gasteiger partial charge on any atom is -0.508 e. The molecule has 0 fully saturated rings. The highest BCUT2D eigenvalue weighted by Crippen LogP contribution is 2.26. The highest BCUT2D eigenvalue weighted by atomic mass is 19.1. The van der Waals surface area contributed by atoms with Gasteiger partial charge in [0.1, 0.15) is 11.5 Å². The molecule has 0 aliphatic rings. The Labute approximate surface area is 116 Å². The molecule has 0 spiro atoms. The maximum absolute atomic E-state index is 13.9. The van der Waals surface area contributed by atoms with Crippen LogP contribution in [-0.2, 0) is 6.42 Å². The Hall–Kier alpha value is -2.30. The molecular weight excluding hydrogens is 261 g/mol. The molecule has 20 heavy (non-hydrogen) atoms. The molecule has 1 N–H and O–H groups in total. The summed E-state index contributed by atoms with van der Waals surface area (Å²) in [5, 5.41) is 9.51. The third kappa shape index (κ3) is 3.17. The molecule has 0 atom stereocenters. The number of halogens is 1. The predicted molar refractivity (Wildman–Crippen MR) is 72.8 cm³/mol. The molecule has 1 aromatic carbocycles. The number of benzene rings is 1. The van der Waals surface area contributed by atoms with E-state index in [1.165, 1.54) is 13.2 Å². The average Bonchev–Trinajstić information content (AvgIpc) is 2.42. The topological polar surface area (TPSA) is 51.6 Å². The van der Waals surface area contributed by atoms with E-state index in [9.17, 15) is 9.50 Å². The molecule has 0 saturated carbocycles. The van der Waals surface area contributed by atoms with Gasteiger partial charge >= 0.3 is 0 Å². The molecule has 106 valence electrons. The van der Waals surface area contributed by atoms with Gasteiger partial charge in [-0.3, -0.25) is 0 Å². The van der Waals surface area contributed by atoms with Crippen molar-refractivity contribution in [3.63, 3.8) is 0 Å². The molecule has 1 aromatic heterocycles. The standard InChI is InChI=1S/C15H16FNO3/c1-3-20-14-7-4-10(15(16)17-14)8-11-9-12(18)5-6-13(11)19-2/h4-7,9,18H,3,8H2,1-2H3. The van der Waals surface area contributed by atoms with Crippen molar-refractivity contribution in [2.75, 3.05) is 13.7 Å². The van der Waals surface area contributed by atoms with Crippen molar-refractivity contribution in [3.8, 4) is 17.4 Å². The van der Waals surface area contributed by atoms with Crippen molar-refractivity contribution in [2.24, 2.45) is 0 Å². The minimum absolute atomic E-state index is 0.111. The fraction of sp³-hybridized carbons (Fsp3) is 0.267. The lowest BCUT2D eigenvalue weighted by Gasteiger charge is -2.10. The van der Waals surface area contributed by atoms with Gasteiger partial charge in [0.25, 0.3) is 0 Å². The van der Waals surface area contributed by atoms with E-state index in [0.29, 0.717) is 23.5 Å². The Balaban J connectivity index is 2.28. The maximum Gasteiger partial charge on any atom is 0.219 e. The number of ether oxygens (including phenoxy) is 2. The van der Waals surface area contributed by atoms with E-state index in [1.54, 1.807) is 24.3 Å². The van der Waals surface area contributed by atoms with Crippen LogP contribution in [0.2, 0.25) is 0 Å². The minimum atomic E-state index is -0.582. The highest BCUT2D eigenvalue weighted by Gasteiger charge is 2.11. The van der Waals surface area contributed by atoms with Crippen molar-refractivity contribution >= 4 is 0 Å². The zero-order valence-corrected chi connectivity index (χ0v) is 11.4. The number of phenolic OH excluding ortho intramolecular Hbond substituents is 1. The van der Waals surface area contributed by atoms with Gasteiger partial charge in [-0.1, -0.05) is 0 Å². The Morgan fingerprint density at radius 1 is 1.20 bits per heavy atom. The van der Waals surface area contributed by atoms with Crippen LogP contribution in [0.4, 0.5) is 4.39 Å². The van der Waals surface area contributed by atoms with E-state index < -0.39 is 5.95 Å². The van der Waals surface area contributed by atoms with Gasteiger partial charge in [-0.15, -0.1) is 0 Å². The van der Waals surface area contributed by atoms with Crippen LogP contribution in [0.3, 0.4) is 0 Å². The number of methoxy groups -OCH3 is 1. The Morgan fingerprint density at radius 2 is 2.00 bits per heavy atom. The molecule has 0 aliphatic heterocycles. The van der Waals surface area contributed by atoms with E-state index in [1.807, 2.05) is 6.92 Å². The first-order valence-corrected chi connectivity index (χ1v) is 6.28. The quantitative estimate of drug-likeness (QED) is 0.854. The Kier molecular flexibility index (Phi) is 4.40. The van der Waals surface area contributed by atoms with Crippen LogP contribution in [0.15, 0.2) is 30.3 Å². The second kappa shape index (κ2) is 6.23. The van der Waals surface area contributed by atoms with E-state index >= 15 is 0 Å². The second-order valence-corrected chi connectivity index (χ2v) is 4.21. The highest BCUT2D eigenvalue weighted by molar-refractivity contribution is 5.42. The van der Waals surface area contributed by atoms with Gasteiger partial charge in [0.15, 0.2) is 0 Å². The summed E-state index contributed by atoms with van der Waals surface area (Å²) in [7, 11) is 1.53. The number of hydrogen-bond donors (Lipinski definition) is 1. The van der Waals surface area contributed by atoms with E-state index in [0.717, 1.165) is 0 Å². The molecule has 5 heteroatoms. The predicted octanol–water partition coefficient (Wildman–Crippen LogP) is 2.92. The lowest BCUT2D eigenvalue weighted by Crippen LogP contribution is -2.01. The summed E-state index contributed by atoms with van der Waals surface area (Å²) in [5.41, 5.74) is 1.11. The van der Waals surface area contributed by atoms with Gasteiger partial charge in [0, 0.05) is 23.6 Å². The fourth-order valence-electron chi connectivity index (χ4n) is 1.91. The Bertz CT molecular complexity index is 602. The van der Waals surface area contributed by atoms with Crippen LogP contribution in [0, 0.1) is 5.95 Å². The SMILES string of the molecule is CCOc1ccc(Cc2cc(O)ccc2OC)c(F)n1. The summed E-state index contributed by atoms with van der Waals surface area (Å²) >= 11 is 0. The Morgan fingerprint density at radius 3 is 2.65 bits per heavy atom. The molecule has 2 rings (SSSR count). The van der Waals surface area contributed by atoms with Gasteiger partial charge in [0.05, 0.1) is 13.7 Å². The van der Waals surface area contributed by atoms with Crippen LogP contribution >= 0.6 is 0 Å². The largest absolute Gasteiger partial charge is 0.508 e. The molecule has 0 saturated heterocycles. The molecule has 4 nitrogen and oxygen atoms in total. The summed E-state index contributed by atoms with van der Waals surface area (Å²) in [6.45, 7) is 2.25. The van der Waals surface area contributed by atoms with Crippen molar-refractivity contribution in [3.05, 3.63) is 47.4 Å². The smallest absolute Gasteiger partial charge is 0.219 e. The molecule has 2 aromatic rings. The maximum atomic E-state index is 13.9. The van der Waals surface area contributed by atoms with Crippen LogP contribution in [0.25, 0.3) is 0 Å². The van der Waals surface area contributed by atoms with Crippen LogP contribution in [-0.4, -0.2) is 23.8 Å². The van der Waals surface area contributed by atoms with Gasteiger partial charge < -0.3 is 14.6 Å². The third-order valence-electron chi connectivity index (χ3n) is 2.84. The van der Waals surface area contributed by atoms with Gasteiger partial charge in [-0.05, 0) is 31.2 Å². The van der Waals surface area contributed by atoms with Gasteiger partial charge in [0.2, 0.25) is 11.8 Å². The zero-order chi connectivity index (χ0) is 14.5. The first-order chi connectivity index (χ1) is 9.63. The first-order valence-electron chi connectivity index (χ1n) is 6.28. The van der Waals surface area contributed by atoms with E-state index in [2.05, 4.69) is 4.98 Å². The summed E-state index contributed by atoms with van der Waals surface area (Å²) in [6, 6.07) is 7.96. The molecule has 0 radical (unpaired) electrons. The van der Waals surface area contributed by atoms with E-state index in [-0.39, 0.29) is 18.1 Å². The molecule has 1 heterocycles. The van der Waals surface area contributed by atoms with Crippen LogP contribution < -0.4 is 9.47 Å². The monoisotopic (exact) mass is 277 g/mol. The summed E-state index contributed by atoms with van der Waals surface area (Å²) in [6.07, 6.45) is 0.281. The number of aromatic nitrogens is 1. The number of phenols is 1. The average molecular weight is 277 g/mol. The van der Waals surface area contributed by atoms with Crippen LogP contribution in [0.5, 0.6) is 17.4 Å². The molecule has 0 amide bonds. The lowest BCUT2D eigenvalue weighted by atomic mass is 10.0. The number of rotatable bonds is 5. The van der Waals surface area contributed by atoms with E-state index in [4.69, 9.17) is 9.47 Å². The number of pyridine rings is 1. The van der Waals surface area contributed by atoms with Gasteiger partial charge in [-0.2, -0.15) is 9.37 Å². The normalized spacial score (nSPS) is 10.3. The summed E-state index contributed by atoms with van der Waals surface area (Å²) in [4.78, 5) is 3.74. The molecular formula is C15H16FNO3. The number of nitrogens with zero attached hydrogens (tertiary/aromatic N) is 1. The summed E-state index contributed by atoms with van der Waals surface area (Å²) < 4.78 is 24.2. The zero-order valence-electron chi connectivity index (χ0n) is 11.4. The third-order valence-corrected chi connectivity index (χ3v) is 2.84. The second-order valence-electron chi connectivity index (χ2n) is 4.21. The van der Waals surface area contributed by atoms with Gasteiger partial charge in [-0.25, -0.2) is 0 Å². The van der Waals surface area contributed by atoms with Crippen molar-refractivity contribution in [1.29, 1.82) is 0 Å². The first kappa shape index (κ1) is 14.1. The number of aromatic hydroxyl groups is 1. The van der Waals surface area contributed by atoms with Crippen LogP contribution in [0.1, 0.15) is 18.1 Å². The summed E-state index contributed by atoms with van der Waals surface area (Å²) in [5.74, 6) is 0.383. The van der Waals surface area contributed by atoms with Crippen molar-refractivity contribution in [2.45, 2.75) is 13.3 Å². The lowest BCUT2D eigenvalue weighted by molar-refractivity contribution is 0.320. The number of hydrogen-bond acceptors (Lipinski definition) is 4. The molecule has 0 aliphatic carbocycles.